The highest BCUT2D eigenvalue weighted by Crippen LogP contribution is 2.37. The summed E-state index contributed by atoms with van der Waals surface area (Å²) in [5.74, 6) is 0.731. The van der Waals surface area contributed by atoms with Crippen LogP contribution in [0.15, 0.2) is 18.2 Å². The maximum absolute atomic E-state index is 9.10. The van der Waals surface area contributed by atoms with Gasteiger partial charge in [0.25, 0.3) is 0 Å². The van der Waals surface area contributed by atoms with Crippen molar-refractivity contribution in [2.75, 3.05) is 5.73 Å². The number of hydrogen-bond donors (Lipinski definition) is 3. The van der Waals surface area contributed by atoms with Crippen molar-refractivity contribution < 1.29 is 14.6 Å². The van der Waals surface area contributed by atoms with Crippen LogP contribution in [-0.2, 0) is 0 Å². The third-order valence-corrected chi connectivity index (χ3v) is 1.48. The Balaban J connectivity index is 2.43. The molecule has 0 spiro atoms. The van der Waals surface area contributed by atoms with E-state index in [4.69, 9.17) is 26.0 Å². The minimum atomic E-state index is -2.06. The van der Waals surface area contributed by atoms with Gasteiger partial charge in [0, 0.05) is 11.8 Å². The van der Waals surface area contributed by atoms with Crippen molar-refractivity contribution in [3.05, 3.63) is 18.2 Å². The molecule has 0 bridgehead atoms. The maximum atomic E-state index is 9.10. The van der Waals surface area contributed by atoms with Gasteiger partial charge in [-0.1, -0.05) is 0 Å². The summed E-state index contributed by atoms with van der Waals surface area (Å²) in [6, 6.07) is 4.74. The summed E-state index contributed by atoms with van der Waals surface area (Å²) in [7, 11) is 0. The highest BCUT2D eigenvalue weighted by Gasteiger charge is 2.35. The largest absolute Gasteiger partial charge is 0.439 e. The molecule has 1 aromatic carbocycles. The van der Waals surface area contributed by atoms with Gasteiger partial charge in [0.05, 0.1) is 0 Å². The van der Waals surface area contributed by atoms with Crippen LogP contribution in [0.2, 0.25) is 0 Å². The first-order valence-electron chi connectivity index (χ1n) is 3.36. The van der Waals surface area contributed by atoms with E-state index in [-0.39, 0.29) is 0 Å². The number of anilines is 1. The number of fused-ring (bicyclic) bond motifs is 1. The molecule has 12 heavy (non-hydrogen) atoms. The molecule has 0 fully saturated rings. The Bertz CT molecular complexity index is 324. The number of nitrogen functional groups attached to an aromatic ring is 1. The molecule has 1 unspecified atom stereocenters. The Hall–Kier alpha value is -1.46. The predicted molar refractivity (Wildman–Crippen MR) is 41.2 cm³/mol. The van der Waals surface area contributed by atoms with Crippen molar-refractivity contribution in [1.82, 2.24) is 0 Å². The number of aliphatic hydroxyl groups is 1. The van der Waals surface area contributed by atoms with Gasteiger partial charge >= 0.3 is 6.10 Å². The second-order valence-electron chi connectivity index (χ2n) is 2.54. The van der Waals surface area contributed by atoms with Crippen LogP contribution in [0.25, 0.3) is 0 Å². The zero-order valence-corrected chi connectivity index (χ0v) is 6.15. The standard InChI is InChI=1S/C7H8N2O3/c8-4-1-2-5-6(3-4)12-7(9,10)11-5/h1-3,10H,8-9H2. The molecule has 0 amide bonds. The minimum absolute atomic E-state index is 0.347. The van der Waals surface area contributed by atoms with Gasteiger partial charge in [-0.25, -0.2) is 5.73 Å². The average molecular weight is 168 g/mol. The molecule has 5 nitrogen and oxygen atoms in total. The molecule has 1 aromatic rings. The van der Waals surface area contributed by atoms with Gasteiger partial charge in [-0.15, -0.1) is 0 Å². The molecular weight excluding hydrogens is 160 g/mol. The van der Waals surface area contributed by atoms with Crippen molar-refractivity contribution >= 4 is 5.69 Å². The molecule has 1 aliphatic rings. The molecule has 0 aliphatic carbocycles. The molecule has 0 aromatic heterocycles. The van der Waals surface area contributed by atoms with E-state index >= 15 is 0 Å². The van der Waals surface area contributed by atoms with E-state index in [0.29, 0.717) is 17.2 Å². The first kappa shape index (κ1) is 7.20. The zero-order chi connectivity index (χ0) is 8.77. The van der Waals surface area contributed by atoms with Crippen molar-refractivity contribution in [3.8, 4) is 11.5 Å². The van der Waals surface area contributed by atoms with E-state index in [1.54, 1.807) is 12.1 Å². The summed E-state index contributed by atoms with van der Waals surface area (Å²) < 4.78 is 9.61. The Labute approximate surface area is 68.5 Å². The third-order valence-electron chi connectivity index (χ3n) is 1.48. The molecule has 5 N–H and O–H groups in total. The summed E-state index contributed by atoms with van der Waals surface area (Å²) in [4.78, 5) is 0. The third kappa shape index (κ3) is 1.05. The fraction of sp³-hybridized carbons (Fsp3) is 0.143. The molecule has 0 radical (unpaired) electrons. The smallest absolute Gasteiger partial charge is 0.413 e. The van der Waals surface area contributed by atoms with Gasteiger partial charge in [0.1, 0.15) is 0 Å². The lowest BCUT2D eigenvalue weighted by Crippen LogP contribution is -2.47. The van der Waals surface area contributed by atoms with Crippen molar-refractivity contribution in [3.63, 3.8) is 0 Å². The van der Waals surface area contributed by atoms with Crippen LogP contribution in [0.3, 0.4) is 0 Å². The van der Waals surface area contributed by atoms with Gasteiger partial charge in [0.2, 0.25) is 0 Å². The normalized spacial score (nSPS) is 25.8. The van der Waals surface area contributed by atoms with Crippen molar-refractivity contribution in [2.45, 2.75) is 6.10 Å². The van der Waals surface area contributed by atoms with Crippen molar-refractivity contribution in [1.29, 1.82) is 0 Å². The fourth-order valence-corrected chi connectivity index (χ4v) is 1.02. The lowest BCUT2D eigenvalue weighted by molar-refractivity contribution is -0.245. The van der Waals surface area contributed by atoms with Crippen LogP contribution in [0, 0.1) is 0 Å². The van der Waals surface area contributed by atoms with E-state index in [0.717, 1.165) is 0 Å². The lowest BCUT2D eigenvalue weighted by Gasteiger charge is -2.12. The number of hydrogen-bond acceptors (Lipinski definition) is 5. The van der Waals surface area contributed by atoms with Gasteiger partial charge in [-0.05, 0) is 12.1 Å². The lowest BCUT2D eigenvalue weighted by atomic mass is 10.3. The highest BCUT2D eigenvalue weighted by molar-refractivity contribution is 5.53. The SMILES string of the molecule is Nc1ccc2c(c1)OC(N)(O)O2. The zero-order valence-electron chi connectivity index (χ0n) is 6.15. The molecule has 0 saturated carbocycles. The monoisotopic (exact) mass is 168 g/mol. The minimum Gasteiger partial charge on any atom is -0.413 e. The number of nitrogens with two attached hydrogens (primary N) is 2. The van der Waals surface area contributed by atoms with Gasteiger partial charge in [-0.3, -0.25) is 0 Å². The number of rotatable bonds is 0. The van der Waals surface area contributed by atoms with Crippen LogP contribution >= 0.6 is 0 Å². The second kappa shape index (κ2) is 2.02. The van der Waals surface area contributed by atoms with Crippen LogP contribution in [0.1, 0.15) is 0 Å². The van der Waals surface area contributed by atoms with Crippen LogP contribution < -0.4 is 20.9 Å². The maximum Gasteiger partial charge on any atom is 0.439 e. The van der Waals surface area contributed by atoms with Gasteiger partial charge in [0.15, 0.2) is 11.5 Å². The molecule has 1 atom stereocenters. The summed E-state index contributed by atoms with van der Waals surface area (Å²) in [5, 5.41) is 9.10. The quantitative estimate of drug-likeness (QED) is 0.362. The molecule has 1 aliphatic heterocycles. The highest BCUT2D eigenvalue weighted by atomic mass is 16.9. The Kier molecular flexibility index (Phi) is 1.22. The van der Waals surface area contributed by atoms with E-state index < -0.39 is 6.10 Å². The fourth-order valence-electron chi connectivity index (χ4n) is 1.02. The first-order valence-corrected chi connectivity index (χ1v) is 3.36. The van der Waals surface area contributed by atoms with Crippen LogP contribution in [0.4, 0.5) is 5.69 Å². The van der Waals surface area contributed by atoms with E-state index in [1.807, 2.05) is 0 Å². The summed E-state index contributed by atoms with van der Waals surface area (Å²) >= 11 is 0. The second-order valence-corrected chi connectivity index (χ2v) is 2.54. The Morgan fingerprint density at radius 2 is 1.92 bits per heavy atom. The number of benzene rings is 1. The van der Waals surface area contributed by atoms with E-state index in [9.17, 15) is 0 Å². The first-order chi connectivity index (χ1) is 5.57. The summed E-state index contributed by atoms with van der Waals surface area (Å²) in [6.07, 6.45) is -2.06. The molecular formula is C7H8N2O3. The summed E-state index contributed by atoms with van der Waals surface area (Å²) in [6.45, 7) is 0. The molecule has 1 heterocycles. The summed E-state index contributed by atoms with van der Waals surface area (Å²) in [5.41, 5.74) is 11.1. The molecule has 0 saturated heterocycles. The topological polar surface area (TPSA) is 90.7 Å². The van der Waals surface area contributed by atoms with Gasteiger partial charge in [-0.2, -0.15) is 0 Å². The number of ether oxygens (including phenoxy) is 2. The molecule has 5 heteroatoms. The predicted octanol–water partition coefficient (Wildman–Crippen LogP) is -0.398. The van der Waals surface area contributed by atoms with E-state index in [2.05, 4.69) is 0 Å². The van der Waals surface area contributed by atoms with Crippen LogP contribution in [-0.4, -0.2) is 11.2 Å². The molecule has 64 valence electrons. The Morgan fingerprint density at radius 3 is 2.67 bits per heavy atom. The van der Waals surface area contributed by atoms with Gasteiger partial charge < -0.3 is 20.3 Å². The van der Waals surface area contributed by atoms with Crippen LogP contribution in [0.5, 0.6) is 11.5 Å². The molecule has 2 rings (SSSR count). The average Bonchev–Trinajstić information content (AvgIpc) is 2.21. The Morgan fingerprint density at radius 1 is 1.25 bits per heavy atom. The van der Waals surface area contributed by atoms with Crippen molar-refractivity contribution in [2.24, 2.45) is 5.73 Å². The van der Waals surface area contributed by atoms with E-state index in [1.165, 1.54) is 6.07 Å².